The first-order valence-corrected chi connectivity index (χ1v) is 4.27. The van der Waals surface area contributed by atoms with Crippen LogP contribution in [0.2, 0.25) is 5.02 Å². The third-order valence-corrected chi connectivity index (χ3v) is 2.13. The van der Waals surface area contributed by atoms with E-state index in [2.05, 4.69) is 0 Å². The van der Waals surface area contributed by atoms with Crippen LogP contribution in [0.15, 0.2) is 12.1 Å². The number of benzene rings is 1. The molecule has 0 fully saturated rings. The second-order valence-electron chi connectivity index (χ2n) is 2.64. The van der Waals surface area contributed by atoms with Gasteiger partial charge in [-0.05, 0) is 12.1 Å². The van der Waals surface area contributed by atoms with Crippen molar-refractivity contribution in [1.82, 2.24) is 0 Å². The fraction of sp³-hybridized carbons (Fsp3) is 0.222. The van der Waals surface area contributed by atoms with E-state index in [1.807, 2.05) is 0 Å². The molecule has 0 saturated heterocycles. The van der Waals surface area contributed by atoms with E-state index in [0.29, 0.717) is 0 Å². The van der Waals surface area contributed by atoms with Gasteiger partial charge in [0.2, 0.25) is 0 Å². The van der Waals surface area contributed by atoms with Crippen LogP contribution in [0, 0.1) is 0 Å². The lowest BCUT2D eigenvalue weighted by Crippen LogP contribution is -2.13. The number of aromatic hydroxyl groups is 1. The standard InChI is InChI=1S/C9H10ClNO3/c1-14-8-3-5(7(13)4-11)2-6(12)9(8)10/h2-3,12H,4,11H2,1H3. The Kier molecular flexibility index (Phi) is 3.33. The molecule has 4 nitrogen and oxygen atoms in total. The van der Waals surface area contributed by atoms with Crippen molar-refractivity contribution in [2.45, 2.75) is 0 Å². The Morgan fingerprint density at radius 3 is 2.79 bits per heavy atom. The first-order chi connectivity index (χ1) is 6.60. The molecule has 14 heavy (non-hydrogen) atoms. The topological polar surface area (TPSA) is 72.5 Å². The number of rotatable bonds is 3. The van der Waals surface area contributed by atoms with Gasteiger partial charge >= 0.3 is 0 Å². The van der Waals surface area contributed by atoms with Gasteiger partial charge in [-0.2, -0.15) is 0 Å². The van der Waals surface area contributed by atoms with Crippen molar-refractivity contribution in [3.05, 3.63) is 22.7 Å². The summed E-state index contributed by atoms with van der Waals surface area (Å²) in [6, 6.07) is 2.71. The normalized spacial score (nSPS) is 9.93. The molecule has 76 valence electrons. The fourth-order valence-electron chi connectivity index (χ4n) is 1.01. The van der Waals surface area contributed by atoms with Crippen LogP contribution in [0.1, 0.15) is 10.4 Å². The Balaban J connectivity index is 3.22. The lowest BCUT2D eigenvalue weighted by molar-refractivity contribution is 0.100. The molecule has 0 aliphatic heterocycles. The summed E-state index contributed by atoms with van der Waals surface area (Å²) in [5, 5.41) is 9.44. The average molecular weight is 216 g/mol. The highest BCUT2D eigenvalue weighted by Gasteiger charge is 2.12. The summed E-state index contributed by atoms with van der Waals surface area (Å²) in [4.78, 5) is 11.2. The number of ether oxygens (including phenoxy) is 1. The molecule has 5 heteroatoms. The number of phenolic OH excluding ortho intramolecular Hbond substituents is 1. The highest BCUT2D eigenvalue weighted by atomic mass is 35.5. The second kappa shape index (κ2) is 4.30. The van der Waals surface area contributed by atoms with Crippen LogP contribution >= 0.6 is 11.6 Å². The van der Waals surface area contributed by atoms with E-state index in [9.17, 15) is 9.90 Å². The van der Waals surface area contributed by atoms with Gasteiger partial charge in [-0.1, -0.05) is 11.6 Å². The van der Waals surface area contributed by atoms with Crippen LogP contribution < -0.4 is 10.5 Å². The Labute approximate surface area is 86.2 Å². The number of methoxy groups -OCH3 is 1. The van der Waals surface area contributed by atoms with Gasteiger partial charge in [-0.15, -0.1) is 0 Å². The largest absolute Gasteiger partial charge is 0.506 e. The highest BCUT2D eigenvalue weighted by molar-refractivity contribution is 6.33. The third-order valence-electron chi connectivity index (χ3n) is 1.75. The number of Topliss-reactive ketones (excluding diaryl/α,β-unsaturated/α-hetero) is 1. The molecular weight excluding hydrogens is 206 g/mol. The van der Waals surface area contributed by atoms with Crippen LogP contribution in [0.4, 0.5) is 0 Å². The molecule has 0 radical (unpaired) electrons. The predicted molar refractivity (Wildman–Crippen MR) is 53.1 cm³/mol. The summed E-state index contributed by atoms with van der Waals surface area (Å²) < 4.78 is 4.88. The Morgan fingerprint density at radius 1 is 1.64 bits per heavy atom. The summed E-state index contributed by atoms with van der Waals surface area (Å²) in [5.74, 6) is -0.221. The second-order valence-corrected chi connectivity index (χ2v) is 3.02. The quantitative estimate of drug-likeness (QED) is 0.743. The SMILES string of the molecule is COc1cc(C(=O)CN)cc(O)c1Cl. The molecule has 0 saturated carbocycles. The van der Waals surface area contributed by atoms with Gasteiger partial charge in [-0.25, -0.2) is 0 Å². The average Bonchev–Trinajstić information content (AvgIpc) is 2.20. The Morgan fingerprint density at radius 2 is 2.29 bits per heavy atom. The molecule has 0 aliphatic carbocycles. The van der Waals surface area contributed by atoms with Gasteiger partial charge in [0.25, 0.3) is 0 Å². The minimum Gasteiger partial charge on any atom is -0.506 e. The van der Waals surface area contributed by atoms with Crippen molar-refractivity contribution in [1.29, 1.82) is 0 Å². The molecule has 1 aromatic carbocycles. The fourth-order valence-corrected chi connectivity index (χ4v) is 1.20. The maximum absolute atomic E-state index is 11.2. The zero-order valence-electron chi connectivity index (χ0n) is 7.58. The number of hydrogen-bond donors (Lipinski definition) is 2. The molecule has 0 amide bonds. The molecule has 0 aliphatic rings. The van der Waals surface area contributed by atoms with E-state index in [1.54, 1.807) is 0 Å². The number of nitrogens with two attached hydrogens (primary N) is 1. The van der Waals surface area contributed by atoms with Crippen molar-refractivity contribution >= 4 is 17.4 Å². The van der Waals surface area contributed by atoms with E-state index < -0.39 is 0 Å². The smallest absolute Gasteiger partial charge is 0.176 e. The van der Waals surface area contributed by atoms with Gasteiger partial charge in [0.15, 0.2) is 5.78 Å². The molecule has 0 heterocycles. The first kappa shape index (κ1) is 10.8. The zero-order valence-corrected chi connectivity index (χ0v) is 8.34. The molecule has 0 spiro atoms. The monoisotopic (exact) mass is 215 g/mol. The van der Waals surface area contributed by atoms with Crippen molar-refractivity contribution < 1.29 is 14.6 Å². The minimum atomic E-state index is -0.282. The Hall–Kier alpha value is -1.26. The molecular formula is C9H10ClNO3. The molecule has 0 unspecified atom stereocenters. The van der Waals surface area contributed by atoms with E-state index >= 15 is 0 Å². The maximum atomic E-state index is 11.2. The Bertz CT molecular complexity index is 365. The number of hydrogen-bond acceptors (Lipinski definition) is 4. The number of carbonyl (C=O) groups excluding carboxylic acids is 1. The summed E-state index contributed by atoms with van der Waals surface area (Å²) in [6.07, 6.45) is 0. The lowest BCUT2D eigenvalue weighted by atomic mass is 10.1. The van der Waals surface area contributed by atoms with Crippen LogP contribution in [-0.4, -0.2) is 24.5 Å². The molecule has 0 bridgehead atoms. The van der Waals surface area contributed by atoms with E-state index in [4.69, 9.17) is 22.1 Å². The van der Waals surface area contributed by atoms with E-state index in [0.717, 1.165) is 0 Å². The van der Waals surface area contributed by atoms with Crippen LogP contribution in [0.25, 0.3) is 0 Å². The van der Waals surface area contributed by atoms with Crippen LogP contribution in [-0.2, 0) is 0 Å². The van der Waals surface area contributed by atoms with Crippen LogP contribution in [0.5, 0.6) is 11.5 Å². The maximum Gasteiger partial charge on any atom is 0.176 e. The number of phenols is 1. The number of carbonyl (C=O) groups is 1. The zero-order chi connectivity index (χ0) is 10.7. The molecule has 1 rings (SSSR count). The van der Waals surface area contributed by atoms with Crippen molar-refractivity contribution in [3.63, 3.8) is 0 Å². The molecule has 3 N–H and O–H groups in total. The van der Waals surface area contributed by atoms with Crippen molar-refractivity contribution in [2.24, 2.45) is 5.73 Å². The first-order valence-electron chi connectivity index (χ1n) is 3.90. The van der Waals surface area contributed by atoms with Gasteiger partial charge in [-0.3, -0.25) is 4.79 Å². The van der Waals surface area contributed by atoms with Crippen molar-refractivity contribution in [2.75, 3.05) is 13.7 Å². The highest BCUT2D eigenvalue weighted by Crippen LogP contribution is 2.34. The van der Waals surface area contributed by atoms with Crippen LogP contribution in [0.3, 0.4) is 0 Å². The van der Waals surface area contributed by atoms with E-state index in [1.165, 1.54) is 19.2 Å². The van der Waals surface area contributed by atoms with Gasteiger partial charge in [0, 0.05) is 5.56 Å². The van der Waals surface area contributed by atoms with Crippen molar-refractivity contribution in [3.8, 4) is 11.5 Å². The van der Waals surface area contributed by atoms with E-state index in [-0.39, 0.29) is 34.4 Å². The number of halogens is 1. The summed E-state index contributed by atoms with van der Waals surface area (Å²) in [7, 11) is 1.40. The third kappa shape index (κ3) is 1.97. The lowest BCUT2D eigenvalue weighted by Gasteiger charge is -2.07. The summed E-state index contributed by atoms with van der Waals surface area (Å²) >= 11 is 5.70. The predicted octanol–water partition coefficient (Wildman–Crippen LogP) is 1.20. The minimum absolute atomic E-state index is 0.0843. The number of ketones is 1. The summed E-state index contributed by atoms with van der Waals surface area (Å²) in [6.45, 7) is -0.121. The molecule has 1 aromatic rings. The molecule has 0 aromatic heterocycles. The van der Waals surface area contributed by atoms with Gasteiger partial charge in [0.05, 0.1) is 13.7 Å². The van der Waals surface area contributed by atoms with Gasteiger partial charge < -0.3 is 15.6 Å². The summed E-state index contributed by atoms with van der Waals surface area (Å²) in [5.41, 5.74) is 5.46. The van der Waals surface area contributed by atoms with Gasteiger partial charge in [0.1, 0.15) is 16.5 Å². The molecule has 0 atom stereocenters.